The Kier molecular flexibility index (Phi) is 6.98. The maximum atomic E-state index is 12.7. The van der Waals surface area contributed by atoms with Crippen molar-refractivity contribution < 1.29 is 14.7 Å². The second-order valence-corrected chi connectivity index (χ2v) is 6.04. The number of rotatable bonds is 7. The molecule has 0 fully saturated rings. The van der Waals surface area contributed by atoms with Crippen LogP contribution >= 0.6 is 11.6 Å². The molecule has 2 N–H and O–H groups in total. The van der Waals surface area contributed by atoms with E-state index in [0.717, 1.165) is 5.56 Å². The molecule has 0 saturated carbocycles. The van der Waals surface area contributed by atoms with Gasteiger partial charge in [0.25, 0.3) is 0 Å². The lowest BCUT2D eigenvalue weighted by molar-refractivity contribution is -0.140. The summed E-state index contributed by atoms with van der Waals surface area (Å²) in [5.74, 6) is -0.549. The van der Waals surface area contributed by atoms with Gasteiger partial charge in [-0.1, -0.05) is 54.1 Å². The number of amides is 2. The molecule has 0 heterocycles. The smallest absolute Gasteiger partial charge is 0.247 e. The highest BCUT2D eigenvalue weighted by Gasteiger charge is 2.29. The molecule has 5 nitrogen and oxygen atoms in total. The third kappa shape index (κ3) is 5.31. The van der Waals surface area contributed by atoms with Crippen molar-refractivity contribution in [2.75, 3.05) is 13.2 Å². The van der Waals surface area contributed by atoms with Crippen molar-refractivity contribution in [3.63, 3.8) is 0 Å². The maximum Gasteiger partial charge on any atom is 0.247 e. The molecule has 2 aromatic rings. The van der Waals surface area contributed by atoms with Crippen molar-refractivity contribution in [3.8, 4) is 0 Å². The van der Waals surface area contributed by atoms with Crippen LogP contribution in [0.3, 0.4) is 0 Å². The molecule has 0 aliphatic carbocycles. The van der Waals surface area contributed by atoms with Crippen LogP contribution in [0, 0.1) is 0 Å². The van der Waals surface area contributed by atoms with Crippen LogP contribution < -0.4 is 5.32 Å². The maximum absolute atomic E-state index is 12.7. The number of carbonyl (C=O) groups is 2. The topological polar surface area (TPSA) is 69.6 Å². The fourth-order valence-corrected chi connectivity index (χ4v) is 2.68. The third-order valence-electron chi connectivity index (χ3n) is 3.76. The van der Waals surface area contributed by atoms with E-state index in [-0.39, 0.29) is 31.5 Å². The first kappa shape index (κ1) is 19.0. The Morgan fingerprint density at radius 2 is 1.76 bits per heavy atom. The van der Waals surface area contributed by atoms with Gasteiger partial charge in [0.2, 0.25) is 11.8 Å². The number of hydrogen-bond acceptors (Lipinski definition) is 3. The Morgan fingerprint density at radius 3 is 2.32 bits per heavy atom. The van der Waals surface area contributed by atoms with Crippen LogP contribution in [0.25, 0.3) is 0 Å². The quantitative estimate of drug-likeness (QED) is 0.797. The van der Waals surface area contributed by atoms with Crippen molar-refractivity contribution in [3.05, 3.63) is 70.7 Å². The Bertz CT molecular complexity index is 704. The van der Waals surface area contributed by atoms with Crippen LogP contribution in [0.5, 0.6) is 0 Å². The zero-order valence-electron chi connectivity index (χ0n) is 14.0. The van der Waals surface area contributed by atoms with Gasteiger partial charge in [0.15, 0.2) is 0 Å². The predicted octanol–water partition coefficient (Wildman–Crippen LogP) is 2.54. The molecule has 0 unspecified atom stereocenters. The third-order valence-corrected chi connectivity index (χ3v) is 4.01. The van der Waals surface area contributed by atoms with Gasteiger partial charge in [-0.15, -0.1) is 0 Å². The zero-order chi connectivity index (χ0) is 18.2. The number of nitrogens with zero attached hydrogens (tertiary/aromatic N) is 1. The van der Waals surface area contributed by atoms with E-state index in [1.807, 2.05) is 30.3 Å². The van der Waals surface area contributed by atoms with E-state index in [4.69, 9.17) is 16.7 Å². The number of carbonyl (C=O) groups excluding carboxylic acids is 2. The fraction of sp³-hybridized carbons (Fsp3) is 0.263. The summed E-state index contributed by atoms with van der Waals surface area (Å²) >= 11 is 5.91. The van der Waals surface area contributed by atoms with E-state index < -0.39 is 6.04 Å². The summed E-state index contributed by atoms with van der Waals surface area (Å²) in [6, 6.07) is 15.5. The van der Waals surface area contributed by atoms with Crippen molar-refractivity contribution in [1.29, 1.82) is 0 Å². The second kappa shape index (κ2) is 9.20. The lowest BCUT2D eigenvalue weighted by Gasteiger charge is -2.30. The van der Waals surface area contributed by atoms with Crippen LogP contribution in [0.1, 0.15) is 24.1 Å². The van der Waals surface area contributed by atoms with E-state index in [9.17, 15) is 9.59 Å². The molecule has 0 bridgehead atoms. The molecule has 0 saturated heterocycles. The molecule has 0 aliphatic heterocycles. The number of halogens is 1. The van der Waals surface area contributed by atoms with Gasteiger partial charge >= 0.3 is 0 Å². The summed E-state index contributed by atoms with van der Waals surface area (Å²) in [5.41, 5.74) is 1.58. The zero-order valence-corrected chi connectivity index (χ0v) is 14.7. The van der Waals surface area contributed by atoms with Gasteiger partial charge in [-0.05, 0) is 23.3 Å². The van der Waals surface area contributed by atoms with Gasteiger partial charge in [-0.2, -0.15) is 0 Å². The molecule has 0 spiro atoms. The van der Waals surface area contributed by atoms with Crippen LogP contribution in [0.4, 0.5) is 0 Å². The van der Waals surface area contributed by atoms with Gasteiger partial charge in [-0.3, -0.25) is 9.59 Å². The summed E-state index contributed by atoms with van der Waals surface area (Å²) < 4.78 is 0. The van der Waals surface area contributed by atoms with E-state index in [2.05, 4.69) is 5.32 Å². The van der Waals surface area contributed by atoms with Gasteiger partial charge in [0, 0.05) is 25.0 Å². The molecular weight excluding hydrogens is 340 g/mol. The largest absolute Gasteiger partial charge is 0.395 e. The predicted molar refractivity (Wildman–Crippen MR) is 97.0 cm³/mol. The summed E-state index contributed by atoms with van der Waals surface area (Å²) in [5, 5.41) is 12.2. The van der Waals surface area contributed by atoms with E-state index in [0.29, 0.717) is 10.6 Å². The summed E-state index contributed by atoms with van der Waals surface area (Å²) in [4.78, 5) is 26.4. The van der Waals surface area contributed by atoms with Crippen molar-refractivity contribution in [2.45, 2.75) is 19.5 Å². The molecule has 1 atom stereocenters. The molecule has 2 aromatic carbocycles. The first-order chi connectivity index (χ1) is 12.0. The average Bonchev–Trinajstić information content (AvgIpc) is 2.62. The van der Waals surface area contributed by atoms with E-state index in [1.54, 1.807) is 24.3 Å². The minimum atomic E-state index is -0.777. The second-order valence-electron chi connectivity index (χ2n) is 5.60. The Hall–Kier alpha value is -2.37. The van der Waals surface area contributed by atoms with Gasteiger partial charge in [0.05, 0.1) is 6.61 Å². The summed E-state index contributed by atoms with van der Waals surface area (Å²) in [7, 11) is 0. The molecule has 0 radical (unpaired) electrons. The molecule has 0 aliphatic rings. The Labute approximate surface area is 152 Å². The lowest BCUT2D eigenvalue weighted by atomic mass is 10.0. The van der Waals surface area contributed by atoms with Crippen LogP contribution in [0.2, 0.25) is 5.02 Å². The number of aliphatic hydroxyl groups excluding tert-OH is 1. The monoisotopic (exact) mass is 360 g/mol. The Morgan fingerprint density at radius 1 is 1.12 bits per heavy atom. The summed E-state index contributed by atoms with van der Waals surface area (Å²) in [6.07, 6.45) is 0. The number of hydrogen-bond donors (Lipinski definition) is 2. The van der Waals surface area contributed by atoms with Crippen molar-refractivity contribution in [1.82, 2.24) is 10.2 Å². The lowest BCUT2D eigenvalue weighted by Crippen LogP contribution is -2.43. The fourth-order valence-electron chi connectivity index (χ4n) is 2.55. The Balaban J connectivity index is 2.34. The highest BCUT2D eigenvalue weighted by atomic mass is 35.5. The molecule has 0 aromatic heterocycles. The summed E-state index contributed by atoms with van der Waals surface area (Å²) in [6.45, 7) is 1.68. The first-order valence-electron chi connectivity index (χ1n) is 7.98. The SMILES string of the molecule is CC(=O)N(Cc1ccc(Cl)cc1)[C@@H](C(=O)NCCO)c1ccccc1. The standard InChI is InChI=1S/C19H21ClN2O3/c1-14(24)22(13-15-7-9-17(20)10-8-15)18(19(25)21-11-12-23)16-5-3-2-4-6-16/h2-10,18,23H,11-13H2,1H3,(H,21,25)/t18-/m1/s1. The van der Waals surface area contributed by atoms with Crippen LogP contribution in [-0.2, 0) is 16.1 Å². The average molecular weight is 361 g/mol. The normalized spacial score (nSPS) is 11.6. The van der Waals surface area contributed by atoms with Gasteiger partial charge in [0.1, 0.15) is 6.04 Å². The van der Waals surface area contributed by atoms with E-state index in [1.165, 1.54) is 11.8 Å². The first-order valence-corrected chi connectivity index (χ1v) is 8.36. The molecule has 2 rings (SSSR count). The molecule has 2 amide bonds. The van der Waals surface area contributed by atoms with Crippen molar-refractivity contribution >= 4 is 23.4 Å². The highest BCUT2D eigenvalue weighted by Crippen LogP contribution is 2.24. The van der Waals surface area contributed by atoms with Crippen LogP contribution in [-0.4, -0.2) is 35.0 Å². The van der Waals surface area contributed by atoms with E-state index >= 15 is 0 Å². The molecule has 6 heteroatoms. The number of aliphatic hydroxyl groups is 1. The molecule has 25 heavy (non-hydrogen) atoms. The van der Waals surface area contributed by atoms with Crippen LogP contribution in [0.15, 0.2) is 54.6 Å². The van der Waals surface area contributed by atoms with Gasteiger partial charge < -0.3 is 15.3 Å². The number of benzene rings is 2. The minimum Gasteiger partial charge on any atom is -0.395 e. The number of nitrogens with one attached hydrogen (secondary N) is 1. The van der Waals surface area contributed by atoms with Gasteiger partial charge in [-0.25, -0.2) is 0 Å². The minimum absolute atomic E-state index is 0.134. The molecule has 132 valence electrons. The molecular formula is C19H21ClN2O3. The highest BCUT2D eigenvalue weighted by molar-refractivity contribution is 6.30. The van der Waals surface area contributed by atoms with Crippen molar-refractivity contribution in [2.24, 2.45) is 0 Å².